The Morgan fingerprint density at radius 2 is 1.52 bits per heavy atom. The molecular formula is C18H18N2O. The van der Waals surface area contributed by atoms with Crippen LogP contribution in [0, 0.1) is 0 Å². The molecule has 1 heterocycles. The van der Waals surface area contributed by atoms with Crippen LogP contribution in [0.5, 0.6) is 0 Å². The summed E-state index contributed by atoms with van der Waals surface area (Å²) in [5, 5.41) is 0. The third kappa shape index (κ3) is 2.11. The van der Waals surface area contributed by atoms with Crippen LogP contribution in [0.3, 0.4) is 0 Å². The van der Waals surface area contributed by atoms with Crippen molar-refractivity contribution in [3.63, 3.8) is 0 Å². The standard InChI is InChI=1S/C18H18N2O/c1-13(2)19-16-11-7-8-12-17(16)20(18(19)21)14(3)15-9-5-4-6-10-15/h4-13H,3H2,1-2H3. The molecule has 0 aliphatic rings. The number of benzene rings is 2. The Labute approximate surface area is 123 Å². The molecule has 0 aliphatic heterocycles. The Hall–Kier alpha value is -2.55. The van der Waals surface area contributed by atoms with Crippen molar-refractivity contribution >= 4 is 16.7 Å². The minimum absolute atomic E-state index is 0.0416. The van der Waals surface area contributed by atoms with Gasteiger partial charge in [-0.3, -0.25) is 9.13 Å². The summed E-state index contributed by atoms with van der Waals surface area (Å²) in [5.41, 5.74) is 3.45. The largest absolute Gasteiger partial charge is 0.333 e. The summed E-state index contributed by atoms with van der Waals surface area (Å²) in [5.74, 6) is 0. The second-order valence-corrected chi connectivity index (χ2v) is 5.38. The predicted molar refractivity (Wildman–Crippen MR) is 87.5 cm³/mol. The van der Waals surface area contributed by atoms with Crippen LogP contribution < -0.4 is 5.69 Å². The van der Waals surface area contributed by atoms with Crippen molar-refractivity contribution in [3.8, 4) is 0 Å². The number of para-hydroxylation sites is 2. The zero-order valence-corrected chi connectivity index (χ0v) is 12.3. The molecule has 3 aromatic rings. The minimum atomic E-state index is -0.0416. The van der Waals surface area contributed by atoms with Gasteiger partial charge in [0.25, 0.3) is 0 Å². The number of fused-ring (bicyclic) bond motifs is 1. The maximum atomic E-state index is 12.8. The summed E-state index contributed by atoms with van der Waals surface area (Å²) in [7, 11) is 0. The molecule has 3 heteroatoms. The van der Waals surface area contributed by atoms with Gasteiger partial charge in [-0.2, -0.15) is 0 Å². The van der Waals surface area contributed by atoms with Crippen LogP contribution in [0.15, 0.2) is 66.0 Å². The maximum absolute atomic E-state index is 12.8. The first-order chi connectivity index (χ1) is 10.1. The third-order valence-electron chi connectivity index (χ3n) is 3.67. The van der Waals surface area contributed by atoms with Gasteiger partial charge in [0, 0.05) is 6.04 Å². The van der Waals surface area contributed by atoms with E-state index in [0.29, 0.717) is 5.70 Å². The highest BCUT2D eigenvalue weighted by Crippen LogP contribution is 2.22. The van der Waals surface area contributed by atoms with E-state index in [1.165, 1.54) is 0 Å². The lowest BCUT2D eigenvalue weighted by atomic mass is 10.1. The van der Waals surface area contributed by atoms with Gasteiger partial charge in [-0.15, -0.1) is 0 Å². The van der Waals surface area contributed by atoms with E-state index in [2.05, 4.69) is 6.58 Å². The van der Waals surface area contributed by atoms with Crippen molar-refractivity contribution in [3.05, 3.63) is 77.2 Å². The first-order valence-corrected chi connectivity index (χ1v) is 7.08. The molecule has 0 atom stereocenters. The molecule has 0 radical (unpaired) electrons. The number of rotatable bonds is 3. The Balaban J connectivity index is 2.31. The molecular weight excluding hydrogens is 260 g/mol. The zero-order valence-electron chi connectivity index (χ0n) is 12.3. The van der Waals surface area contributed by atoms with Crippen LogP contribution in [0.2, 0.25) is 0 Å². The molecule has 0 bridgehead atoms. The van der Waals surface area contributed by atoms with Gasteiger partial charge < -0.3 is 0 Å². The monoisotopic (exact) mass is 278 g/mol. The highest BCUT2D eigenvalue weighted by molar-refractivity contribution is 5.82. The van der Waals surface area contributed by atoms with Crippen LogP contribution in [0.1, 0.15) is 25.5 Å². The third-order valence-corrected chi connectivity index (χ3v) is 3.67. The molecule has 106 valence electrons. The first-order valence-electron chi connectivity index (χ1n) is 7.08. The quantitative estimate of drug-likeness (QED) is 0.713. The topological polar surface area (TPSA) is 26.9 Å². The average molecular weight is 278 g/mol. The molecule has 0 saturated heterocycles. The lowest BCUT2D eigenvalue weighted by Gasteiger charge is -2.08. The van der Waals surface area contributed by atoms with Gasteiger partial charge >= 0.3 is 5.69 Å². The Morgan fingerprint density at radius 3 is 2.14 bits per heavy atom. The maximum Gasteiger partial charge on any atom is 0.333 e. The highest BCUT2D eigenvalue weighted by atomic mass is 16.1. The van der Waals surface area contributed by atoms with Crippen LogP contribution in [0.4, 0.5) is 0 Å². The molecule has 0 spiro atoms. The Morgan fingerprint density at radius 1 is 0.952 bits per heavy atom. The molecule has 0 unspecified atom stereocenters. The fourth-order valence-corrected chi connectivity index (χ4v) is 2.69. The van der Waals surface area contributed by atoms with Crippen molar-refractivity contribution < 1.29 is 0 Å². The average Bonchev–Trinajstić information content (AvgIpc) is 2.79. The fourth-order valence-electron chi connectivity index (χ4n) is 2.69. The van der Waals surface area contributed by atoms with Crippen molar-refractivity contribution in [2.24, 2.45) is 0 Å². The smallest absolute Gasteiger partial charge is 0.289 e. The molecule has 0 aliphatic carbocycles. The zero-order chi connectivity index (χ0) is 15.0. The van der Waals surface area contributed by atoms with E-state index in [1.807, 2.05) is 73.0 Å². The summed E-state index contributed by atoms with van der Waals surface area (Å²) >= 11 is 0. The molecule has 3 rings (SSSR count). The molecule has 0 saturated carbocycles. The molecule has 21 heavy (non-hydrogen) atoms. The van der Waals surface area contributed by atoms with E-state index in [0.717, 1.165) is 16.6 Å². The predicted octanol–water partition coefficient (Wildman–Crippen LogP) is 3.90. The molecule has 3 nitrogen and oxygen atoms in total. The van der Waals surface area contributed by atoms with E-state index >= 15 is 0 Å². The van der Waals surface area contributed by atoms with Gasteiger partial charge in [0.05, 0.1) is 16.7 Å². The minimum Gasteiger partial charge on any atom is -0.289 e. The van der Waals surface area contributed by atoms with Gasteiger partial charge in [-0.05, 0) is 31.5 Å². The lowest BCUT2D eigenvalue weighted by molar-refractivity contribution is 0.591. The number of hydrogen-bond donors (Lipinski definition) is 0. The summed E-state index contributed by atoms with van der Waals surface area (Å²) in [6.07, 6.45) is 0. The van der Waals surface area contributed by atoms with E-state index < -0.39 is 0 Å². The normalized spacial score (nSPS) is 11.2. The first kappa shape index (κ1) is 13.4. The fraction of sp³-hybridized carbons (Fsp3) is 0.167. The van der Waals surface area contributed by atoms with Crippen molar-refractivity contribution in [2.45, 2.75) is 19.9 Å². The van der Waals surface area contributed by atoms with Crippen LogP contribution >= 0.6 is 0 Å². The summed E-state index contributed by atoms with van der Waals surface area (Å²) in [6.45, 7) is 8.16. The Kier molecular flexibility index (Phi) is 3.26. The van der Waals surface area contributed by atoms with Crippen molar-refractivity contribution in [2.75, 3.05) is 0 Å². The second kappa shape index (κ2) is 5.09. The van der Waals surface area contributed by atoms with Gasteiger partial charge in [-0.1, -0.05) is 49.0 Å². The number of hydrogen-bond acceptors (Lipinski definition) is 1. The summed E-state index contributed by atoms with van der Waals surface area (Å²) in [6, 6.07) is 17.7. The lowest BCUT2D eigenvalue weighted by Crippen LogP contribution is -2.25. The summed E-state index contributed by atoms with van der Waals surface area (Å²) < 4.78 is 3.51. The number of aromatic nitrogens is 2. The van der Waals surface area contributed by atoms with Crippen LogP contribution in [0.25, 0.3) is 16.7 Å². The molecule has 2 aromatic carbocycles. The SMILES string of the molecule is C=C(c1ccccc1)n1c(=O)n(C(C)C)c2ccccc21. The van der Waals surface area contributed by atoms with Gasteiger partial charge in [0.15, 0.2) is 0 Å². The molecule has 0 fully saturated rings. The van der Waals surface area contributed by atoms with Crippen LogP contribution in [-0.4, -0.2) is 9.13 Å². The second-order valence-electron chi connectivity index (χ2n) is 5.38. The number of imidazole rings is 1. The van der Waals surface area contributed by atoms with E-state index in [9.17, 15) is 4.79 Å². The van der Waals surface area contributed by atoms with E-state index in [-0.39, 0.29) is 11.7 Å². The molecule has 0 N–H and O–H groups in total. The van der Waals surface area contributed by atoms with Gasteiger partial charge in [-0.25, -0.2) is 4.79 Å². The van der Waals surface area contributed by atoms with E-state index in [1.54, 1.807) is 4.57 Å². The summed E-state index contributed by atoms with van der Waals surface area (Å²) in [4.78, 5) is 12.8. The molecule has 0 amide bonds. The van der Waals surface area contributed by atoms with Gasteiger partial charge in [0.2, 0.25) is 0 Å². The van der Waals surface area contributed by atoms with Crippen LogP contribution in [-0.2, 0) is 0 Å². The Bertz CT molecular complexity index is 854. The van der Waals surface area contributed by atoms with Crippen molar-refractivity contribution in [1.29, 1.82) is 0 Å². The number of nitrogens with zero attached hydrogens (tertiary/aromatic N) is 2. The van der Waals surface area contributed by atoms with E-state index in [4.69, 9.17) is 0 Å². The van der Waals surface area contributed by atoms with Crippen molar-refractivity contribution in [1.82, 2.24) is 9.13 Å². The highest BCUT2D eigenvalue weighted by Gasteiger charge is 2.17. The molecule has 1 aromatic heterocycles. The van der Waals surface area contributed by atoms with Gasteiger partial charge in [0.1, 0.15) is 0 Å².